The summed E-state index contributed by atoms with van der Waals surface area (Å²) in [4.78, 5) is 31.1. The standard InChI is InChI=1S/C30H32N6O3S/c1-20-28(29(38)36(34(20)2)23-13-9-6-10-14-23)32-30-35(33-22-11-7-4-3-5-8-12-22)25(19-40-30)21-15-16-26-24(17-21)31-27(37)18-39-26/h6,9-10,13-17,19H,3-5,7-8,11-12,18H2,1-2H3,(H,31,37). The molecule has 1 aliphatic carbocycles. The highest BCUT2D eigenvalue weighted by molar-refractivity contribution is 7.07. The molecule has 3 heterocycles. The van der Waals surface area contributed by atoms with Crippen molar-refractivity contribution in [3.63, 3.8) is 0 Å². The van der Waals surface area contributed by atoms with Crippen molar-refractivity contribution >= 4 is 34.3 Å². The molecular weight excluding hydrogens is 524 g/mol. The number of carbonyl (C=O) groups is 1. The summed E-state index contributed by atoms with van der Waals surface area (Å²) in [5, 5.41) is 10.0. The third-order valence-corrected chi connectivity index (χ3v) is 8.31. The van der Waals surface area contributed by atoms with Crippen molar-refractivity contribution in [2.45, 2.75) is 51.9 Å². The van der Waals surface area contributed by atoms with E-state index in [1.807, 2.05) is 77.2 Å². The number of nitrogens with one attached hydrogen (secondary N) is 1. The number of amides is 1. The summed E-state index contributed by atoms with van der Waals surface area (Å²) >= 11 is 1.44. The van der Waals surface area contributed by atoms with Gasteiger partial charge in [0.1, 0.15) is 5.75 Å². The number of carbonyl (C=O) groups excluding carboxylic acids is 1. The number of hydrogen-bond acceptors (Lipinski definition) is 6. The molecule has 0 unspecified atom stereocenters. The lowest BCUT2D eigenvalue weighted by atomic mass is 9.99. The van der Waals surface area contributed by atoms with E-state index >= 15 is 0 Å². The van der Waals surface area contributed by atoms with Crippen LogP contribution in [0.1, 0.15) is 50.6 Å². The number of nitrogens with zero attached hydrogens (tertiary/aromatic N) is 5. The van der Waals surface area contributed by atoms with Gasteiger partial charge in [-0.1, -0.05) is 37.5 Å². The molecule has 1 fully saturated rings. The van der Waals surface area contributed by atoms with E-state index in [0.717, 1.165) is 54.0 Å². The summed E-state index contributed by atoms with van der Waals surface area (Å²) in [6, 6.07) is 15.3. The Kier molecular flexibility index (Phi) is 7.25. The summed E-state index contributed by atoms with van der Waals surface area (Å²) in [6.45, 7) is 1.92. The summed E-state index contributed by atoms with van der Waals surface area (Å²) in [6.07, 6.45) is 7.82. The molecule has 2 aliphatic rings. The quantitative estimate of drug-likeness (QED) is 0.358. The van der Waals surface area contributed by atoms with Crippen LogP contribution in [0.5, 0.6) is 5.75 Å². The molecule has 0 radical (unpaired) electrons. The molecule has 0 bridgehead atoms. The van der Waals surface area contributed by atoms with E-state index in [4.69, 9.17) is 14.8 Å². The van der Waals surface area contributed by atoms with Crippen LogP contribution >= 0.6 is 11.3 Å². The number of rotatable bonds is 4. The van der Waals surface area contributed by atoms with Gasteiger partial charge in [-0.15, -0.1) is 11.3 Å². The van der Waals surface area contributed by atoms with Gasteiger partial charge in [-0.05, 0) is 62.9 Å². The van der Waals surface area contributed by atoms with Gasteiger partial charge >= 0.3 is 0 Å². The second kappa shape index (κ2) is 11.1. The molecule has 0 spiro atoms. The third kappa shape index (κ3) is 5.06. The maximum absolute atomic E-state index is 13.6. The smallest absolute Gasteiger partial charge is 0.297 e. The maximum Gasteiger partial charge on any atom is 0.297 e. The van der Waals surface area contributed by atoms with E-state index in [0.29, 0.717) is 21.9 Å². The predicted octanol–water partition coefficient (Wildman–Crippen LogP) is 5.53. The first-order valence-corrected chi connectivity index (χ1v) is 14.6. The molecule has 1 saturated carbocycles. The monoisotopic (exact) mass is 556 g/mol. The number of ether oxygens (including phenoxy) is 1. The number of para-hydroxylation sites is 1. The van der Waals surface area contributed by atoms with Gasteiger partial charge in [0.05, 0.1) is 22.8 Å². The fourth-order valence-corrected chi connectivity index (χ4v) is 6.08. The minimum absolute atomic E-state index is 0.0123. The molecular formula is C30H32N6O3S. The largest absolute Gasteiger partial charge is 0.482 e. The van der Waals surface area contributed by atoms with Crippen LogP contribution in [0.2, 0.25) is 0 Å². The molecule has 1 aliphatic heterocycles. The van der Waals surface area contributed by atoms with Crippen LogP contribution in [0.25, 0.3) is 16.9 Å². The van der Waals surface area contributed by atoms with Crippen molar-refractivity contribution in [2.75, 3.05) is 11.9 Å². The van der Waals surface area contributed by atoms with E-state index in [9.17, 15) is 9.59 Å². The van der Waals surface area contributed by atoms with Crippen LogP contribution in [-0.2, 0) is 11.8 Å². The Morgan fingerprint density at radius 1 is 0.975 bits per heavy atom. The highest BCUT2D eigenvalue weighted by atomic mass is 32.1. The molecule has 206 valence electrons. The van der Waals surface area contributed by atoms with E-state index in [2.05, 4.69) is 5.32 Å². The lowest BCUT2D eigenvalue weighted by Gasteiger charge is -2.18. The molecule has 2 aromatic heterocycles. The molecule has 10 heteroatoms. The lowest BCUT2D eigenvalue weighted by molar-refractivity contribution is -0.118. The number of thiazole rings is 1. The zero-order valence-corrected chi connectivity index (χ0v) is 23.5. The van der Waals surface area contributed by atoms with Gasteiger partial charge < -0.3 is 10.1 Å². The Hall–Kier alpha value is -4.18. The average Bonchev–Trinajstić information content (AvgIpc) is 3.43. The van der Waals surface area contributed by atoms with Crippen LogP contribution in [0.15, 0.2) is 68.8 Å². The summed E-state index contributed by atoms with van der Waals surface area (Å²) in [5.41, 5.74) is 5.25. The summed E-state index contributed by atoms with van der Waals surface area (Å²) in [7, 11) is 1.87. The van der Waals surface area contributed by atoms with Crippen molar-refractivity contribution < 1.29 is 9.53 Å². The van der Waals surface area contributed by atoms with Crippen molar-refractivity contribution in [3.05, 3.63) is 74.8 Å². The lowest BCUT2D eigenvalue weighted by Crippen LogP contribution is -2.25. The number of aromatic nitrogens is 3. The Labute approximate surface area is 236 Å². The van der Waals surface area contributed by atoms with Gasteiger partial charge in [0.15, 0.2) is 12.3 Å². The Balaban J connectivity index is 1.51. The van der Waals surface area contributed by atoms with Crippen LogP contribution in [0, 0.1) is 6.92 Å². The molecule has 40 heavy (non-hydrogen) atoms. The average molecular weight is 557 g/mol. The highest BCUT2D eigenvalue weighted by Gasteiger charge is 2.20. The molecule has 9 nitrogen and oxygen atoms in total. The Morgan fingerprint density at radius 2 is 1.73 bits per heavy atom. The molecule has 0 saturated heterocycles. The fraction of sp³-hybridized carbons (Fsp3) is 0.333. The molecule has 0 atom stereocenters. The fourth-order valence-electron chi connectivity index (χ4n) is 5.25. The van der Waals surface area contributed by atoms with Crippen molar-refractivity contribution in [3.8, 4) is 22.7 Å². The number of anilines is 1. The van der Waals surface area contributed by atoms with Gasteiger partial charge in [0.25, 0.3) is 11.5 Å². The topological polar surface area (TPSA) is 94.9 Å². The van der Waals surface area contributed by atoms with Crippen LogP contribution in [-0.4, -0.2) is 32.3 Å². The minimum Gasteiger partial charge on any atom is -0.482 e. The first-order valence-electron chi connectivity index (χ1n) is 13.7. The normalized spacial score (nSPS) is 16.1. The molecule has 2 aromatic carbocycles. The van der Waals surface area contributed by atoms with Gasteiger partial charge in [0, 0.05) is 23.7 Å². The zero-order chi connectivity index (χ0) is 27.6. The maximum atomic E-state index is 13.6. The predicted molar refractivity (Wildman–Crippen MR) is 158 cm³/mol. The number of benzene rings is 2. The van der Waals surface area contributed by atoms with Crippen LogP contribution < -0.4 is 20.4 Å². The zero-order valence-electron chi connectivity index (χ0n) is 22.7. The number of hydrogen-bond donors (Lipinski definition) is 1. The Morgan fingerprint density at radius 3 is 2.50 bits per heavy atom. The van der Waals surface area contributed by atoms with Gasteiger partial charge in [-0.25, -0.2) is 14.4 Å². The van der Waals surface area contributed by atoms with Crippen molar-refractivity contribution in [1.82, 2.24) is 14.0 Å². The highest BCUT2D eigenvalue weighted by Crippen LogP contribution is 2.33. The van der Waals surface area contributed by atoms with Crippen molar-refractivity contribution in [1.29, 1.82) is 0 Å². The number of fused-ring (bicyclic) bond motifs is 1. The first kappa shape index (κ1) is 26.1. The first-order chi connectivity index (χ1) is 19.5. The van der Waals surface area contributed by atoms with Crippen LogP contribution in [0.3, 0.4) is 0 Å². The second-order valence-electron chi connectivity index (χ2n) is 10.2. The Bertz CT molecular complexity index is 1710. The summed E-state index contributed by atoms with van der Waals surface area (Å²) < 4.78 is 10.9. The van der Waals surface area contributed by atoms with Crippen LogP contribution in [0.4, 0.5) is 11.4 Å². The van der Waals surface area contributed by atoms with Crippen molar-refractivity contribution in [2.24, 2.45) is 17.1 Å². The van der Waals surface area contributed by atoms with E-state index < -0.39 is 0 Å². The molecule has 4 aromatic rings. The van der Waals surface area contributed by atoms with E-state index in [-0.39, 0.29) is 18.1 Å². The SMILES string of the molecule is Cc1c(N=c2scc(-c3ccc4c(c3)NC(=O)CO4)n2N=C2CCCCCCC2)c(=O)n(-c2ccccc2)n1C. The molecule has 1 amide bonds. The minimum atomic E-state index is -0.181. The van der Waals surface area contributed by atoms with Gasteiger partial charge in [-0.2, -0.15) is 5.10 Å². The van der Waals surface area contributed by atoms with E-state index in [1.165, 1.54) is 30.6 Å². The molecule has 6 rings (SSSR count). The third-order valence-electron chi connectivity index (χ3n) is 7.50. The molecule has 1 N–H and O–H groups in total. The second-order valence-corrected chi connectivity index (χ2v) is 11.1. The van der Waals surface area contributed by atoms with E-state index in [1.54, 1.807) is 4.68 Å². The van der Waals surface area contributed by atoms with Gasteiger partial charge in [0.2, 0.25) is 4.80 Å². The van der Waals surface area contributed by atoms with Gasteiger partial charge in [-0.3, -0.25) is 14.3 Å². The summed E-state index contributed by atoms with van der Waals surface area (Å²) in [5.74, 6) is 0.463.